The number of hydrogen-bond acceptors (Lipinski definition) is 4. The second-order valence-corrected chi connectivity index (χ2v) is 5.98. The van der Waals surface area contributed by atoms with Crippen molar-refractivity contribution in [1.82, 2.24) is 20.3 Å². The molecule has 2 aromatic rings. The zero-order valence-corrected chi connectivity index (χ0v) is 11.6. The smallest absolute Gasteiger partial charge is 0.0856 e. The molecule has 1 N–H and O–H groups in total. The molecule has 0 aromatic carbocycles. The van der Waals surface area contributed by atoms with Gasteiger partial charge in [-0.15, -0.1) is 16.4 Å². The van der Waals surface area contributed by atoms with E-state index in [-0.39, 0.29) is 6.04 Å². The molecule has 4 nitrogen and oxygen atoms in total. The van der Waals surface area contributed by atoms with Gasteiger partial charge in [-0.25, -0.2) is 0 Å². The Bertz CT molecular complexity index is 519. The number of rotatable bonds is 3. The first-order valence-electron chi connectivity index (χ1n) is 6.43. The van der Waals surface area contributed by atoms with Gasteiger partial charge in [0.1, 0.15) is 0 Å². The van der Waals surface area contributed by atoms with E-state index in [4.69, 9.17) is 0 Å². The van der Waals surface area contributed by atoms with Crippen LogP contribution in [0.25, 0.3) is 0 Å². The summed E-state index contributed by atoms with van der Waals surface area (Å²) in [4.78, 5) is 2.96. The minimum Gasteiger partial charge on any atom is -0.307 e. The fourth-order valence-electron chi connectivity index (χ4n) is 2.65. The average Bonchev–Trinajstić information content (AvgIpc) is 2.97. The monoisotopic (exact) mass is 262 g/mol. The van der Waals surface area contributed by atoms with Crippen molar-refractivity contribution < 1.29 is 0 Å². The molecule has 0 aliphatic heterocycles. The van der Waals surface area contributed by atoms with Crippen LogP contribution in [0.15, 0.2) is 12.3 Å². The summed E-state index contributed by atoms with van der Waals surface area (Å²) in [7, 11) is 3.94. The van der Waals surface area contributed by atoms with E-state index in [0.717, 1.165) is 5.69 Å². The van der Waals surface area contributed by atoms with Crippen LogP contribution in [0.3, 0.4) is 0 Å². The summed E-state index contributed by atoms with van der Waals surface area (Å²) in [6, 6.07) is 2.58. The van der Waals surface area contributed by atoms with Crippen molar-refractivity contribution in [3.05, 3.63) is 33.3 Å². The van der Waals surface area contributed by atoms with Crippen LogP contribution in [0.2, 0.25) is 0 Å². The largest absolute Gasteiger partial charge is 0.307 e. The fourth-order valence-corrected chi connectivity index (χ4v) is 4.03. The lowest BCUT2D eigenvalue weighted by Crippen LogP contribution is -2.19. The first kappa shape index (κ1) is 11.9. The van der Waals surface area contributed by atoms with Gasteiger partial charge in [-0.05, 0) is 44.4 Å². The van der Waals surface area contributed by atoms with E-state index in [1.165, 1.54) is 30.6 Å². The van der Waals surface area contributed by atoms with Crippen LogP contribution in [0.1, 0.15) is 39.9 Å². The highest BCUT2D eigenvalue weighted by Gasteiger charge is 2.21. The number of aryl methyl sites for hydroxylation is 3. The van der Waals surface area contributed by atoms with Crippen molar-refractivity contribution >= 4 is 11.3 Å². The summed E-state index contributed by atoms with van der Waals surface area (Å²) in [5.41, 5.74) is 2.67. The molecule has 5 heteroatoms. The predicted molar refractivity (Wildman–Crippen MR) is 72.9 cm³/mol. The van der Waals surface area contributed by atoms with Crippen molar-refractivity contribution in [3.63, 3.8) is 0 Å². The summed E-state index contributed by atoms with van der Waals surface area (Å²) >= 11 is 1.94. The standard InChI is InChI=1S/C13H18N4S/c1-14-13(10-8-15-16-17(10)2)12-7-9-5-3-4-6-11(9)18-12/h7-8,13-14H,3-6H2,1-2H3. The Morgan fingerprint density at radius 1 is 1.39 bits per heavy atom. The minimum atomic E-state index is 0.209. The lowest BCUT2D eigenvalue weighted by molar-refractivity contribution is 0.603. The molecule has 1 unspecified atom stereocenters. The summed E-state index contributed by atoms with van der Waals surface area (Å²) < 4.78 is 1.85. The molecule has 96 valence electrons. The Kier molecular flexibility index (Phi) is 3.18. The highest BCUT2D eigenvalue weighted by molar-refractivity contribution is 7.12. The first-order valence-corrected chi connectivity index (χ1v) is 7.24. The summed E-state index contributed by atoms with van der Waals surface area (Å²) in [6.07, 6.45) is 7.01. The topological polar surface area (TPSA) is 42.7 Å². The maximum Gasteiger partial charge on any atom is 0.0856 e. The van der Waals surface area contributed by atoms with Crippen LogP contribution in [0.4, 0.5) is 0 Å². The lowest BCUT2D eigenvalue weighted by Gasteiger charge is -2.13. The van der Waals surface area contributed by atoms with Crippen molar-refractivity contribution in [1.29, 1.82) is 0 Å². The molecule has 1 aliphatic carbocycles. The van der Waals surface area contributed by atoms with Crippen molar-refractivity contribution in [3.8, 4) is 0 Å². The van der Waals surface area contributed by atoms with Crippen LogP contribution >= 0.6 is 11.3 Å². The molecule has 0 spiro atoms. The Labute approximate surface area is 111 Å². The number of nitrogens with one attached hydrogen (secondary N) is 1. The lowest BCUT2D eigenvalue weighted by atomic mass is 9.98. The molecule has 2 heterocycles. The van der Waals surface area contributed by atoms with Gasteiger partial charge in [-0.3, -0.25) is 4.68 Å². The average molecular weight is 262 g/mol. The number of hydrogen-bond donors (Lipinski definition) is 1. The van der Waals surface area contributed by atoms with Gasteiger partial charge in [0.2, 0.25) is 0 Å². The van der Waals surface area contributed by atoms with Gasteiger partial charge >= 0.3 is 0 Å². The summed E-state index contributed by atoms with van der Waals surface area (Å²) in [5, 5.41) is 11.4. The van der Waals surface area contributed by atoms with E-state index in [2.05, 4.69) is 21.7 Å². The van der Waals surface area contributed by atoms with Crippen molar-refractivity contribution in [2.24, 2.45) is 7.05 Å². The molecule has 1 aliphatic rings. The molecule has 0 radical (unpaired) electrons. The molecule has 18 heavy (non-hydrogen) atoms. The van der Waals surface area contributed by atoms with Gasteiger partial charge in [0.05, 0.1) is 17.9 Å². The maximum atomic E-state index is 4.02. The maximum absolute atomic E-state index is 4.02. The molecule has 2 aromatic heterocycles. The van der Waals surface area contributed by atoms with Crippen LogP contribution in [-0.2, 0) is 19.9 Å². The Morgan fingerprint density at radius 3 is 2.89 bits per heavy atom. The van der Waals surface area contributed by atoms with Gasteiger partial charge in [-0.2, -0.15) is 0 Å². The third kappa shape index (κ3) is 1.97. The molecule has 0 amide bonds. The Morgan fingerprint density at radius 2 is 2.22 bits per heavy atom. The zero-order valence-electron chi connectivity index (χ0n) is 10.8. The SMILES string of the molecule is CNC(c1cc2c(s1)CCCC2)c1cnnn1C. The highest BCUT2D eigenvalue weighted by Crippen LogP contribution is 2.34. The van der Waals surface area contributed by atoms with E-state index in [0.29, 0.717) is 0 Å². The molecule has 0 bridgehead atoms. The van der Waals surface area contributed by atoms with Gasteiger partial charge in [-0.1, -0.05) is 5.21 Å². The van der Waals surface area contributed by atoms with Gasteiger partial charge in [0.25, 0.3) is 0 Å². The Hall–Kier alpha value is -1.20. The molecule has 0 saturated heterocycles. The van der Waals surface area contributed by atoms with Gasteiger partial charge in [0, 0.05) is 16.8 Å². The Balaban J connectivity index is 1.97. The van der Waals surface area contributed by atoms with Crippen LogP contribution in [-0.4, -0.2) is 22.0 Å². The van der Waals surface area contributed by atoms with Gasteiger partial charge < -0.3 is 5.32 Å². The molecule has 0 fully saturated rings. The number of aromatic nitrogens is 3. The third-order valence-electron chi connectivity index (χ3n) is 3.63. The van der Waals surface area contributed by atoms with E-state index in [1.54, 1.807) is 10.4 Å². The fraction of sp³-hybridized carbons (Fsp3) is 0.538. The predicted octanol–water partition coefficient (Wildman–Crippen LogP) is 2.06. The van der Waals surface area contributed by atoms with Crippen molar-refractivity contribution in [2.75, 3.05) is 7.05 Å². The van der Waals surface area contributed by atoms with E-state index in [1.807, 2.05) is 36.3 Å². The highest BCUT2D eigenvalue weighted by atomic mass is 32.1. The summed E-state index contributed by atoms with van der Waals surface area (Å²) in [6.45, 7) is 0. The molecule has 0 saturated carbocycles. The van der Waals surface area contributed by atoms with Crippen molar-refractivity contribution in [2.45, 2.75) is 31.7 Å². The molecule has 3 rings (SSSR count). The first-order chi connectivity index (χ1) is 8.79. The minimum absolute atomic E-state index is 0.209. The molecule has 1 atom stereocenters. The number of nitrogens with zero attached hydrogens (tertiary/aromatic N) is 3. The second kappa shape index (κ2) is 4.82. The molecular weight excluding hydrogens is 244 g/mol. The van der Waals surface area contributed by atoms with Gasteiger partial charge in [0.15, 0.2) is 0 Å². The van der Waals surface area contributed by atoms with Crippen LogP contribution in [0.5, 0.6) is 0 Å². The number of fused-ring (bicyclic) bond motifs is 1. The number of thiophene rings is 1. The quantitative estimate of drug-likeness (QED) is 0.920. The van der Waals surface area contributed by atoms with Crippen LogP contribution in [0, 0.1) is 0 Å². The van der Waals surface area contributed by atoms with E-state index in [9.17, 15) is 0 Å². The second-order valence-electron chi connectivity index (χ2n) is 4.81. The van der Waals surface area contributed by atoms with E-state index >= 15 is 0 Å². The van der Waals surface area contributed by atoms with Crippen LogP contribution < -0.4 is 5.32 Å². The van der Waals surface area contributed by atoms with E-state index < -0.39 is 0 Å². The normalized spacial score (nSPS) is 16.6. The summed E-state index contributed by atoms with van der Waals surface area (Å²) in [5.74, 6) is 0. The third-order valence-corrected chi connectivity index (χ3v) is 4.94. The zero-order chi connectivity index (χ0) is 12.5. The molecular formula is C13H18N4S.